The molecule has 20 heavy (non-hydrogen) atoms. The van der Waals surface area contributed by atoms with E-state index in [2.05, 4.69) is 48.5 Å². The van der Waals surface area contributed by atoms with Crippen molar-refractivity contribution in [2.45, 2.75) is 25.0 Å². The lowest BCUT2D eigenvalue weighted by molar-refractivity contribution is -0.159. The van der Waals surface area contributed by atoms with E-state index in [-0.39, 0.29) is 5.79 Å². The molecule has 2 nitrogen and oxygen atoms in total. The summed E-state index contributed by atoms with van der Waals surface area (Å²) in [4.78, 5) is 0. The first-order valence-electron chi connectivity index (χ1n) is 7.31. The minimum absolute atomic E-state index is 0.319. The standard InChI is InChI=1S/C18H18O2/c1-2-4-16-13-17(6-5-14(16)3-1)15-7-9-18(10-8-15)19-11-12-20-18/h1-7,13H,8-12H2. The largest absolute Gasteiger partial charge is 0.347 e. The average molecular weight is 266 g/mol. The van der Waals surface area contributed by atoms with Crippen molar-refractivity contribution in [3.05, 3.63) is 54.1 Å². The number of allylic oxidation sites excluding steroid dienone is 1. The zero-order chi connectivity index (χ0) is 13.4. The Morgan fingerprint density at radius 1 is 0.900 bits per heavy atom. The van der Waals surface area contributed by atoms with Gasteiger partial charge in [0.25, 0.3) is 0 Å². The van der Waals surface area contributed by atoms with E-state index in [1.165, 1.54) is 21.9 Å². The van der Waals surface area contributed by atoms with E-state index >= 15 is 0 Å². The van der Waals surface area contributed by atoms with Crippen molar-refractivity contribution in [2.75, 3.05) is 13.2 Å². The van der Waals surface area contributed by atoms with Gasteiger partial charge in [0.2, 0.25) is 0 Å². The number of hydrogen-bond donors (Lipinski definition) is 0. The van der Waals surface area contributed by atoms with Gasteiger partial charge in [0, 0.05) is 12.8 Å². The second kappa shape index (κ2) is 4.72. The zero-order valence-electron chi connectivity index (χ0n) is 11.5. The van der Waals surface area contributed by atoms with E-state index in [1.54, 1.807) is 0 Å². The van der Waals surface area contributed by atoms with Crippen molar-refractivity contribution in [1.82, 2.24) is 0 Å². The summed E-state index contributed by atoms with van der Waals surface area (Å²) >= 11 is 0. The molecule has 0 radical (unpaired) electrons. The normalized spacial score (nSPS) is 21.3. The Hall–Kier alpha value is -1.64. The van der Waals surface area contributed by atoms with Gasteiger partial charge in [-0.25, -0.2) is 0 Å². The molecule has 1 saturated heterocycles. The van der Waals surface area contributed by atoms with Gasteiger partial charge in [-0.2, -0.15) is 0 Å². The molecule has 1 spiro atoms. The van der Waals surface area contributed by atoms with Crippen LogP contribution in [0.25, 0.3) is 16.3 Å². The fourth-order valence-electron chi connectivity index (χ4n) is 3.22. The molecular formula is C18H18O2. The van der Waals surface area contributed by atoms with Crippen molar-refractivity contribution in [2.24, 2.45) is 0 Å². The van der Waals surface area contributed by atoms with E-state index in [0.717, 1.165) is 32.5 Å². The number of hydrogen-bond acceptors (Lipinski definition) is 2. The summed E-state index contributed by atoms with van der Waals surface area (Å²) in [5, 5.41) is 2.60. The molecule has 0 N–H and O–H groups in total. The van der Waals surface area contributed by atoms with Crippen LogP contribution < -0.4 is 0 Å². The Bertz CT molecular complexity index is 666. The first kappa shape index (κ1) is 12.1. The minimum atomic E-state index is -0.319. The Morgan fingerprint density at radius 2 is 1.70 bits per heavy atom. The molecule has 0 atom stereocenters. The number of rotatable bonds is 1. The maximum atomic E-state index is 5.77. The quantitative estimate of drug-likeness (QED) is 0.772. The third-order valence-corrected chi connectivity index (χ3v) is 4.37. The summed E-state index contributed by atoms with van der Waals surface area (Å²) in [6.07, 6.45) is 5.15. The SMILES string of the molecule is C1=C(c2ccc3ccccc3c2)CCC2(C1)OCCO2. The minimum Gasteiger partial charge on any atom is -0.347 e. The van der Waals surface area contributed by atoms with Crippen LogP contribution in [0.3, 0.4) is 0 Å². The van der Waals surface area contributed by atoms with Crippen LogP contribution in [0, 0.1) is 0 Å². The summed E-state index contributed by atoms with van der Waals surface area (Å²) in [6, 6.07) is 15.2. The highest BCUT2D eigenvalue weighted by molar-refractivity contribution is 5.86. The van der Waals surface area contributed by atoms with Crippen molar-refractivity contribution in [3.8, 4) is 0 Å². The van der Waals surface area contributed by atoms with Gasteiger partial charge >= 0.3 is 0 Å². The van der Waals surface area contributed by atoms with E-state index in [1.807, 2.05) is 0 Å². The van der Waals surface area contributed by atoms with Gasteiger partial charge in [-0.15, -0.1) is 0 Å². The van der Waals surface area contributed by atoms with Gasteiger partial charge < -0.3 is 9.47 Å². The predicted molar refractivity (Wildman–Crippen MR) is 80.4 cm³/mol. The molecular weight excluding hydrogens is 248 g/mol. The maximum Gasteiger partial charge on any atom is 0.172 e. The summed E-state index contributed by atoms with van der Waals surface area (Å²) in [5.74, 6) is -0.319. The van der Waals surface area contributed by atoms with Crippen LogP contribution in [-0.4, -0.2) is 19.0 Å². The topological polar surface area (TPSA) is 18.5 Å². The molecule has 2 aromatic carbocycles. The molecule has 0 bridgehead atoms. The molecule has 1 heterocycles. The highest BCUT2D eigenvalue weighted by atomic mass is 16.7. The maximum absolute atomic E-state index is 5.77. The van der Waals surface area contributed by atoms with E-state index in [0.29, 0.717) is 0 Å². The summed E-state index contributed by atoms with van der Waals surface area (Å²) < 4.78 is 11.5. The number of fused-ring (bicyclic) bond motifs is 1. The van der Waals surface area contributed by atoms with Crippen LogP contribution in [0.4, 0.5) is 0 Å². The lowest BCUT2D eigenvalue weighted by Crippen LogP contribution is -2.31. The Kier molecular flexibility index (Phi) is 2.86. The van der Waals surface area contributed by atoms with Gasteiger partial charge in [0.1, 0.15) is 0 Å². The van der Waals surface area contributed by atoms with E-state index in [9.17, 15) is 0 Å². The monoisotopic (exact) mass is 266 g/mol. The van der Waals surface area contributed by atoms with Gasteiger partial charge in [-0.05, 0) is 34.4 Å². The second-order valence-electron chi connectivity index (χ2n) is 5.60. The third-order valence-electron chi connectivity index (χ3n) is 4.37. The van der Waals surface area contributed by atoms with Crippen molar-refractivity contribution < 1.29 is 9.47 Å². The average Bonchev–Trinajstić information content (AvgIpc) is 2.96. The Labute approximate surface area is 119 Å². The zero-order valence-corrected chi connectivity index (χ0v) is 11.5. The van der Waals surface area contributed by atoms with Gasteiger partial charge in [0.15, 0.2) is 5.79 Å². The van der Waals surface area contributed by atoms with Gasteiger partial charge in [-0.1, -0.05) is 42.5 Å². The lowest BCUT2D eigenvalue weighted by Gasteiger charge is -2.30. The van der Waals surface area contributed by atoms with Crippen molar-refractivity contribution in [1.29, 1.82) is 0 Å². The summed E-state index contributed by atoms with van der Waals surface area (Å²) in [6.45, 7) is 1.47. The van der Waals surface area contributed by atoms with Crippen LogP contribution >= 0.6 is 0 Å². The smallest absolute Gasteiger partial charge is 0.172 e. The second-order valence-corrected chi connectivity index (χ2v) is 5.60. The first-order valence-corrected chi connectivity index (χ1v) is 7.31. The van der Waals surface area contributed by atoms with Crippen LogP contribution in [0.1, 0.15) is 24.8 Å². The number of benzene rings is 2. The van der Waals surface area contributed by atoms with Crippen LogP contribution in [-0.2, 0) is 9.47 Å². The molecule has 2 aliphatic rings. The fourth-order valence-corrected chi connectivity index (χ4v) is 3.22. The highest BCUT2D eigenvalue weighted by Crippen LogP contribution is 2.38. The highest BCUT2D eigenvalue weighted by Gasteiger charge is 2.37. The molecule has 1 aliphatic carbocycles. The van der Waals surface area contributed by atoms with Crippen LogP contribution in [0.15, 0.2) is 48.5 Å². The molecule has 0 amide bonds. The molecule has 2 aromatic rings. The van der Waals surface area contributed by atoms with Crippen LogP contribution in [0.2, 0.25) is 0 Å². The lowest BCUT2D eigenvalue weighted by atomic mass is 9.89. The molecule has 0 unspecified atom stereocenters. The molecule has 2 heteroatoms. The molecule has 4 rings (SSSR count). The molecule has 1 fully saturated rings. The van der Waals surface area contributed by atoms with E-state index < -0.39 is 0 Å². The Balaban J connectivity index is 1.64. The predicted octanol–water partition coefficient (Wildman–Crippen LogP) is 4.15. The number of ether oxygens (including phenoxy) is 2. The van der Waals surface area contributed by atoms with Gasteiger partial charge in [0.05, 0.1) is 13.2 Å². The summed E-state index contributed by atoms with van der Waals surface area (Å²) in [7, 11) is 0. The fraction of sp³-hybridized carbons (Fsp3) is 0.333. The van der Waals surface area contributed by atoms with Crippen molar-refractivity contribution in [3.63, 3.8) is 0 Å². The molecule has 0 aromatic heterocycles. The first-order chi connectivity index (χ1) is 9.85. The van der Waals surface area contributed by atoms with E-state index in [4.69, 9.17) is 9.47 Å². The Morgan fingerprint density at radius 3 is 2.45 bits per heavy atom. The van der Waals surface area contributed by atoms with Crippen molar-refractivity contribution >= 4 is 16.3 Å². The molecule has 0 saturated carbocycles. The summed E-state index contributed by atoms with van der Waals surface area (Å²) in [5.41, 5.74) is 2.75. The molecule has 1 aliphatic heterocycles. The third kappa shape index (κ3) is 2.05. The molecule has 102 valence electrons. The van der Waals surface area contributed by atoms with Crippen LogP contribution in [0.5, 0.6) is 0 Å². The van der Waals surface area contributed by atoms with Gasteiger partial charge in [-0.3, -0.25) is 0 Å².